The number of sulfonamides is 1. The molecule has 21 heavy (non-hydrogen) atoms. The highest BCUT2D eigenvalue weighted by Crippen LogP contribution is 2.25. The standard InChI is InChI=1S/C13H14ClFN2O3S/c1-8(12-3-2-4-20-12)17-21(18,19)10-5-9(7-16)13(14)11(15)6-10/h2-6,8,17H,7,16H2,1H3. The Morgan fingerprint density at radius 1 is 1.48 bits per heavy atom. The van der Waals surface area contributed by atoms with E-state index in [1.165, 1.54) is 12.3 Å². The highest BCUT2D eigenvalue weighted by molar-refractivity contribution is 7.89. The summed E-state index contributed by atoms with van der Waals surface area (Å²) < 4.78 is 45.7. The predicted molar refractivity (Wildman–Crippen MR) is 76.7 cm³/mol. The minimum Gasteiger partial charge on any atom is -0.468 e. The summed E-state index contributed by atoms with van der Waals surface area (Å²) in [6.45, 7) is 1.55. The van der Waals surface area contributed by atoms with Crippen LogP contribution in [0.3, 0.4) is 0 Å². The van der Waals surface area contributed by atoms with Gasteiger partial charge >= 0.3 is 0 Å². The molecule has 1 aromatic carbocycles. The molecule has 1 atom stereocenters. The van der Waals surface area contributed by atoms with E-state index in [-0.39, 0.29) is 22.0 Å². The lowest BCUT2D eigenvalue weighted by Crippen LogP contribution is -2.27. The smallest absolute Gasteiger partial charge is 0.241 e. The van der Waals surface area contributed by atoms with E-state index in [1.807, 2.05) is 0 Å². The van der Waals surface area contributed by atoms with Crippen LogP contribution in [-0.2, 0) is 16.6 Å². The van der Waals surface area contributed by atoms with Crippen molar-refractivity contribution in [1.82, 2.24) is 4.72 Å². The molecule has 0 aliphatic rings. The van der Waals surface area contributed by atoms with E-state index in [0.717, 1.165) is 6.07 Å². The van der Waals surface area contributed by atoms with E-state index < -0.39 is 21.9 Å². The van der Waals surface area contributed by atoms with Gasteiger partial charge in [-0.15, -0.1) is 0 Å². The van der Waals surface area contributed by atoms with Crippen molar-refractivity contribution in [1.29, 1.82) is 0 Å². The van der Waals surface area contributed by atoms with Crippen LogP contribution in [0.25, 0.3) is 0 Å². The maximum Gasteiger partial charge on any atom is 0.241 e. The highest BCUT2D eigenvalue weighted by atomic mass is 35.5. The second-order valence-corrected chi connectivity index (χ2v) is 6.53. The molecule has 2 aromatic rings. The van der Waals surface area contributed by atoms with Gasteiger partial charge in [0, 0.05) is 6.54 Å². The molecule has 0 radical (unpaired) electrons. The first-order valence-electron chi connectivity index (χ1n) is 6.09. The van der Waals surface area contributed by atoms with Crippen LogP contribution in [0.1, 0.15) is 24.3 Å². The first kappa shape index (κ1) is 16.0. The molecule has 1 unspecified atom stereocenters. The van der Waals surface area contributed by atoms with Crippen molar-refractivity contribution in [3.8, 4) is 0 Å². The summed E-state index contributed by atoms with van der Waals surface area (Å²) in [7, 11) is -3.92. The Balaban J connectivity index is 2.34. The molecular formula is C13H14ClFN2O3S. The molecule has 0 spiro atoms. The third kappa shape index (κ3) is 3.44. The maximum absolute atomic E-state index is 13.7. The molecule has 0 aliphatic carbocycles. The van der Waals surface area contributed by atoms with Crippen molar-refractivity contribution >= 4 is 21.6 Å². The van der Waals surface area contributed by atoms with Crippen molar-refractivity contribution in [2.75, 3.05) is 0 Å². The van der Waals surface area contributed by atoms with Crippen LogP contribution < -0.4 is 10.5 Å². The molecule has 1 aromatic heterocycles. The number of halogens is 2. The molecule has 0 bridgehead atoms. The normalized spacial score (nSPS) is 13.3. The number of rotatable bonds is 5. The van der Waals surface area contributed by atoms with Crippen molar-refractivity contribution in [2.45, 2.75) is 24.4 Å². The van der Waals surface area contributed by atoms with E-state index in [0.29, 0.717) is 5.76 Å². The Bertz CT molecular complexity index is 732. The van der Waals surface area contributed by atoms with E-state index >= 15 is 0 Å². The molecular weight excluding hydrogens is 319 g/mol. The number of furan rings is 1. The Labute approximate surface area is 126 Å². The van der Waals surface area contributed by atoms with E-state index in [4.69, 9.17) is 21.8 Å². The number of hydrogen-bond donors (Lipinski definition) is 2. The van der Waals surface area contributed by atoms with Gasteiger partial charge in [0.25, 0.3) is 0 Å². The lowest BCUT2D eigenvalue weighted by atomic mass is 10.2. The van der Waals surface area contributed by atoms with Gasteiger partial charge in [0.05, 0.1) is 22.2 Å². The van der Waals surface area contributed by atoms with Gasteiger partial charge in [-0.1, -0.05) is 11.6 Å². The summed E-state index contributed by atoms with van der Waals surface area (Å²) in [6.07, 6.45) is 1.44. The molecule has 0 fully saturated rings. The largest absolute Gasteiger partial charge is 0.468 e. The third-order valence-electron chi connectivity index (χ3n) is 2.91. The fraction of sp³-hybridized carbons (Fsp3) is 0.231. The molecule has 8 heteroatoms. The molecule has 0 aliphatic heterocycles. The first-order valence-corrected chi connectivity index (χ1v) is 7.95. The van der Waals surface area contributed by atoms with Crippen LogP contribution in [0.5, 0.6) is 0 Å². The second kappa shape index (κ2) is 6.15. The average Bonchev–Trinajstić information content (AvgIpc) is 2.95. The summed E-state index contributed by atoms with van der Waals surface area (Å²) in [4.78, 5) is -0.233. The average molecular weight is 333 g/mol. The summed E-state index contributed by atoms with van der Waals surface area (Å²) in [6, 6.07) is 4.81. The SMILES string of the molecule is CC(NS(=O)(=O)c1cc(F)c(Cl)c(CN)c1)c1ccco1. The molecule has 5 nitrogen and oxygen atoms in total. The summed E-state index contributed by atoms with van der Waals surface area (Å²) in [5.74, 6) is -0.377. The van der Waals surface area contributed by atoms with Gasteiger partial charge in [0.1, 0.15) is 11.6 Å². The minimum absolute atomic E-state index is 0.0626. The van der Waals surface area contributed by atoms with Gasteiger partial charge in [0.15, 0.2) is 0 Å². The van der Waals surface area contributed by atoms with Crippen LogP contribution in [0.2, 0.25) is 5.02 Å². The van der Waals surface area contributed by atoms with Crippen LogP contribution in [0.15, 0.2) is 39.8 Å². The van der Waals surface area contributed by atoms with Gasteiger partial charge in [0.2, 0.25) is 10.0 Å². The fourth-order valence-corrected chi connectivity index (χ4v) is 3.28. The molecule has 114 valence electrons. The van der Waals surface area contributed by atoms with Gasteiger partial charge in [-0.25, -0.2) is 17.5 Å². The van der Waals surface area contributed by atoms with Gasteiger partial charge < -0.3 is 10.2 Å². The quantitative estimate of drug-likeness (QED) is 0.881. The highest BCUT2D eigenvalue weighted by Gasteiger charge is 2.22. The zero-order valence-corrected chi connectivity index (χ0v) is 12.7. The molecule has 0 saturated heterocycles. The number of hydrogen-bond acceptors (Lipinski definition) is 4. The minimum atomic E-state index is -3.92. The van der Waals surface area contributed by atoms with Crippen LogP contribution in [0.4, 0.5) is 4.39 Å². The molecule has 0 saturated carbocycles. The van der Waals surface area contributed by atoms with Crippen molar-refractivity contribution in [3.05, 3.63) is 52.7 Å². The number of benzene rings is 1. The lowest BCUT2D eigenvalue weighted by Gasteiger charge is -2.13. The molecule has 1 heterocycles. The predicted octanol–water partition coefficient (Wildman–Crippen LogP) is 2.57. The summed E-state index contributed by atoms with van der Waals surface area (Å²) >= 11 is 5.72. The lowest BCUT2D eigenvalue weighted by molar-refractivity contribution is 0.459. The maximum atomic E-state index is 13.7. The molecule has 2 rings (SSSR count). The van der Waals surface area contributed by atoms with E-state index in [2.05, 4.69) is 4.72 Å². The monoisotopic (exact) mass is 332 g/mol. The Morgan fingerprint density at radius 3 is 2.76 bits per heavy atom. The molecule has 3 N–H and O–H groups in total. The van der Waals surface area contributed by atoms with Crippen molar-refractivity contribution in [2.24, 2.45) is 5.73 Å². The Hall–Kier alpha value is -1.41. The van der Waals surface area contributed by atoms with Gasteiger partial charge in [-0.05, 0) is 36.8 Å². The van der Waals surface area contributed by atoms with Crippen LogP contribution >= 0.6 is 11.6 Å². The summed E-state index contributed by atoms with van der Waals surface area (Å²) in [5, 5.41) is -0.171. The third-order valence-corrected chi connectivity index (χ3v) is 4.85. The van der Waals surface area contributed by atoms with Crippen LogP contribution in [-0.4, -0.2) is 8.42 Å². The topological polar surface area (TPSA) is 85.3 Å². The second-order valence-electron chi connectivity index (χ2n) is 4.44. The number of nitrogens with one attached hydrogen (secondary N) is 1. The zero-order chi connectivity index (χ0) is 15.6. The molecule has 0 amide bonds. The van der Waals surface area contributed by atoms with Gasteiger partial charge in [-0.2, -0.15) is 0 Å². The first-order chi connectivity index (χ1) is 9.85. The van der Waals surface area contributed by atoms with E-state index in [1.54, 1.807) is 19.1 Å². The fourth-order valence-electron chi connectivity index (χ4n) is 1.82. The Kier molecular flexibility index (Phi) is 4.67. The van der Waals surface area contributed by atoms with Gasteiger partial charge in [-0.3, -0.25) is 0 Å². The zero-order valence-electron chi connectivity index (χ0n) is 11.1. The van der Waals surface area contributed by atoms with Crippen molar-refractivity contribution < 1.29 is 17.2 Å². The summed E-state index contributed by atoms with van der Waals surface area (Å²) in [5.41, 5.74) is 5.65. The van der Waals surface area contributed by atoms with Crippen molar-refractivity contribution in [3.63, 3.8) is 0 Å². The Morgan fingerprint density at radius 2 is 2.19 bits per heavy atom. The van der Waals surface area contributed by atoms with Crippen LogP contribution in [0, 0.1) is 5.82 Å². The van der Waals surface area contributed by atoms with E-state index in [9.17, 15) is 12.8 Å². The number of nitrogens with two attached hydrogens (primary N) is 1.